The summed E-state index contributed by atoms with van der Waals surface area (Å²) in [7, 11) is 0. The Morgan fingerprint density at radius 1 is 1.23 bits per heavy atom. The first-order valence-electron chi connectivity index (χ1n) is 6.44. The maximum Gasteiger partial charge on any atom is 0.328 e. The van der Waals surface area contributed by atoms with Crippen molar-refractivity contribution in [3.63, 3.8) is 0 Å². The van der Waals surface area contributed by atoms with Crippen LogP contribution in [0.25, 0.3) is 0 Å². The number of hydrogen-bond acceptors (Lipinski definition) is 3. The second-order valence-electron chi connectivity index (χ2n) is 4.62. The van der Waals surface area contributed by atoms with Gasteiger partial charge >= 0.3 is 5.97 Å². The molecule has 0 bridgehead atoms. The average Bonchev–Trinajstić information content (AvgIpc) is 2.44. The summed E-state index contributed by atoms with van der Waals surface area (Å²) in [5.41, 5.74) is 0.681. The van der Waals surface area contributed by atoms with Gasteiger partial charge in [0.05, 0.1) is 12.5 Å². The van der Waals surface area contributed by atoms with Gasteiger partial charge in [-0.1, -0.05) is 28.1 Å². The quantitative estimate of drug-likeness (QED) is 0.674. The Hall–Kier alpha value is -1.96. The van der Waals surface area contributed by atoms with E-state index in [0.29, 0.717) is 5.56 Å². The summed E-state index contributed by atoms with van der Waals surface area (Å²) in [4.78, 5) is 33.8. The Morgan fingerprint density at radius 2 is 1.82 bits per heavy atom. The molecular weight excluding hydrogens is 359 g/mol. The van der Waals surface area contributed by atoms with Crippen LogP contribution >= 0.6 is 15.9 Å². The van der Waals surface area contributed by atoms with Gasteiger partial charge in [0.2, 0.25) is 11.8 Å². The van der Waals surface area contributed by atoms with Crippen molar-refractivity contribution >= 4 is 33.7 Å². The summed E-state index contributed by atoms with van der Waals surface area (Å²) < 4.78 is 13.4. The van der Waals surface area contributed by atoms with Crippen LogP contribution in [0.4, 0.5) is 4.39 Å². The molecule has 1 aromatic rings. The van der Waals surface area contributed by atoms with E-state index >= 15 is 0 Å². The highest BCUT2D eigenvalue weighted by Gasteiger charge is 2.23. The molecule has 3 N–H and O–H groups in total. The topological polar surface area (TPSA) is 95.5 Å². The Balaban J connectivity index is 2.80. The maximum atomic E-state index is 12.5. The second-order valence-corrected chi connectivity index (χ2v) is 5.54. The molecule has 1 aromatic carbocycles. The molecule has 0 spiro atoms. The highest BCUT2D eigenvalue weighted by atomic mass is 79.9. The lowest BCUT2D eigenvalue weighted by molar-refractivity contribution is -0.142. The van der Waals surface area contributed by atoms with E-state index in [1.807, 2.05) is 0 Å². The Morgan fingerprint density at radius 3 is 2.27 bits per heavy atom. The molecule has 2 amide bonds. The molecule has 2 unspecified atom stereocenters. The number of halogens is 2. The van der Waals surface area contributed by atoms with Gasteiger partial charge in [-0.2, -0.15) is 0 Å². The van der Waals surface area contributed by atoms with E-state index in [9.17, 15) is 18.8 Å². The van der Waals surface area contributed by atoms with Crippen molar-refractivity contribution in [1.29, 1.82) is 0 Å². The van der Waals surface area contributed by atoms with Gasteiger partial charge in [-0.15, -0.1) is 0 Å². The Labute approximate surface area is 135 Å². The van der Waals surface area contributed by atoms with Crippen LogP contribution in [-0.4, -0.2) is 35.6 Å². The zero-order chi connectivity index (χ0) is 16.7. The predicted molar refractivity (Wildman–Crippen MR) is 80.9 cm³/mol. The minimum Gasteiger partial charge on any atom is -0.480 e. The molecule has 0 aliphatic rings. The zero-order valence-electron chi connectivity index (χ0n) is 11.8. The summed E-state index contributed by atoms with van der Waals surface area (Å²) in [5.74, 6) is -2.44. The number of alkyl halides is 1. The van der Waals surface area contributed by atoms with E-state index in [4.69, 9.17) is 5.11 Å². The lowest BCUT2D eigenvalue weighted by atomic mass is 10.0. The third-order valence-corrected chi connectivity index (χ3v) is 3.36. The fourth-order valence-corrected chi connectivity index (χ4v) is 2.06. The maximum absolute atomic E-state index is 12.5. The first-order valence-corrected chi connectivity index (χ1v) is 7.23. The summed E-state index contributed by atoms with van der Waals surface area (Å²) >= 11 is 3.28. The van der Waals surface area contributed by atoms with Crippen molar-refractivity contribution in [2.75, 3.05) is 6.67 Å². The lowest BCUT2D eigenvalue weighted by Crippen LogP contribution is -2.43. The second kappa shape index (κ2) is 8.47. The Kier molecular flexibility index (Phi) is 6.97. The molecule has 0 aliphatic heterocycles. The number of benzene rings is 1. The predicted octanol–water partition coefficient (Wildman–Crippen LogP) is 1.56. The van der Waals surface area contributed by atoms with E-state index in [2.05, 4.69) is 26.6 Å². The molecule has 120 valence electrons. The zero-order valence-corrected chi connectivity index (χ0v) is 13.4. The summed E-state index contributed by atoms with van der Waals surface area (Å²) in [6.45, 7) is 0.107. The van der Waals surface area contributed by atoms with Gasteiger partial charge in [0.15, 0.2) is 6.04 Å². The number of hydrogen-bond donors (Lipinski definition) is 3. The van der Waals surface area contributed by atoms with E-state index < -0.39 is 30.6 Å². The molecule has 6 nitrogen and oxygen atoms in total. The van der Waals surface area contributed by atoms with Crippen LogP contribution in [0.3, 0.4) is 0 Å². The number of carbonyl (C=O) groups excluding carboxylic acids is 2. The van der Waals surface area contributed by atoms with Gasteiger partial charge < -0.3 is 15.7 Å². The third-order valence-electron chi connectivity index (χ3n) is 2.83. The summed E-state index contributed by atoms with van der Waals surface area (Å²) in [5, 5.41) is 13.4. The van der Waals surface area contributed by atoms with Crippen LogP contribution in [-0.2, 0) is 14.4 Å². The van der Waals surface area contributed by atoms with E-state index in [0.717, 1.165) is 4.47 Å². The first kappa shape index (κ1) is 18.1. The molecule has 8 heteroatoms. The third kappa shape index (κ3) is 5.80. The summed E-state index contributed by atoms with van der Waals surface area (Å²) in [6.07, 6.45) is -0.189. The van der Waals surface area contributed by atoms with E-state index in [1.165, 1.54) is 6.92 Å². The van der Waals surface area contributed by atoms with Crippen molar-refractivity contribution in [3.05, 3.63) is 34.3 Å². The van der Waals surface area contributed by atoms with Crippen molar-refractivity contribution in [2.45, 2.75) is 25.4 Å². The monoisotopic (exact) mass is 374 g/mol. The van der Waals surface area contributed by atoms with Gasteiger partial charge in [-0.05, 0) is 17.7 Å². The normalized spacial score (nSPS) is 13.0. The van der Waals surface area contributed by atoms with Crippen LogP contribution in [0.2, 0.25) is 0 Å². The molecule has 0 fully saturated rings. The van der Waals surface area contributed by atoms with Gasteiger partial charge in [0.25, 0.3) is 0 Å². The SMILES string of the molecule is CC(=O)NC(CC(=O)NC(CF)C(=O)O)c1ccc(Br)cc1. The molecular formula is C14H16BrFN2O4. The number of nitrogens with one attached hydrogen (secondary N) is 2. The number of aliphatic carboxylic acids is 1. The number of carbonyl (C=O) groups is 3. The molecule has 22 heavy (non-hydrogen) atoms. The molecule has 2 atom stereocenters. The molecule has 0 saturated heterocycles. The number of carboxylic acid groups (broad SMARTS) is 1. The van der Waals surface area contributed by atoms with E-state index in [-0.39, 0.29) is 12.3 Å². The highest BCUT2D eigenvalue weighted by molar-refractivity contribution is 9.10. The number of rotatable bonds is 7. The van der Waals surface area contributed by atoms with Crippen LogP contribution in [0.15, 0.2) is 28.7 Å². The van der Waals surface area contributed by atoms with Crippen molar-refractivity contribution in [2.24, 2.45) is 0 Å². The van der Waals surface area contributed by atoms with Crippen molar-refractivity contribution in [3.8, 4) is 0 Å². The minimum absolute atomic E-state index is 0.189. The molecule has 0 radical (unpaired) electrons. The van der Waals surface area contributed by atoms with E-state index in [1.54, 1.807) is 24.3 Å². The van der Waals surface area contributed by atoms with Crippen LogP contribution in [0, 0.1) is 0 Å². The molecule has 1 rings (SSSR count). The fourth-order valence-electron chi connectivity index (χ4n) is 1.80. The van der Waals surface area contributed by atoms with Gasteiger partial charge in [-0.25, -0.2) is 9.18 Å². The van der Waals surface area contributed by atoms with Gasteiger partial charge in [0, 0.05) is 11.4 Å². The molecule has 0 aliphatic carbocycles. The van der Waals surface area contributed by atoms with Gasteiger partial charge in [0.1, 0.15) is 6.67 Å². The van der Waals surface area contributed by atoms with Crippen LogP contribution < -0.4 is 10.6 Å². The largest absolute Gasteiger partial charge is 0.480 e. The average molecular weight is 375 g/mol. The standard InChI is InChI=1S/C14H16BrFN2O4/c1-8(19)17-11(9-2-4-10(15)5-3-9)6-13(20)18-12(7-16)14(21)22/h2-5,11-12H,6-7H2,1H3,(H,17,19)(H,18,20)(H,21,22). The first-order chi connectivity index (χ1) is 10.3. The van der Waals surface area contributed by atoms with Crippen LogP contribution in [0.1, 0.15) is 24.9 Å². The fraction of sp³-hybridized carbons (Fsp3) is 0.357. The molecule has 0 saturated carbocycles. The van der Waals surface area contributed by atoms with Crippen molar-refractivity contribution in [1.82, 2.24) is 10.6 Å². The highest BCUT2D eigenvalue weighted by Crippen LogP contribution is 2.19. The number of amides is 2. The molecule has 0 aromatic heterocycles. The van der Waals surface area contributed by atoms with Crippen molar-refractivity contribution < 1.29 is 23.9 Å². The smallest absolute Gasteiger partial charge is 0.328 e. The minimum atomic E-state index is -1.59. The van der Waals surface area contributed by atoms with Crippen LogP contribution in [0.5, 0.6) is 0 Å². The van der Waals surface area contributed by atoms with Gasteiger partial charge in [-0.3, -0.25) is 9.59 Å². The lowest BCUT2D eigenvalue weighted by Gasteiger charge is -2.19. The summed E-state index contributed by atoms with van der Waals surface area (Å²) in [6, 6.07) is 4.74. The molecule has 0 heterocycles. The number of carboxylic acids is 1. The Bertz CT molecular complexity index is 550.